The van der Waals surface area contributed by atoms with Gasteiger partial charge in [0.15, 0.2) is 0 Å². The molecule has 0 radical (unpaired) electrons. The molecular formula is C34H40N2O4S. The third-order valence-corrected chi connectivity index (χ3v) is 9.54. The number of nitrogens with one attached hydrogen (secondary N) is 1. The molecule has 0 aromatic heterocycles. The third-order valence-electron chi connectivity index (χ3n) is 8.15. The quantitative estimate of drug-likeness (QED) is 0.135. The van der Waals surface area contributed by atoms with Gasteiger partial charge in [-0.2, -0.15) is 0 Å². The Hall–Kier alpha value is -3.39. The van der Waals surface area contributed by atoms with Gasteiger partial charge in [0.25, 0.3) is 0 Å². The lowest BCUT2D eigenvalue weighted by molar-refractivity contribution is -0.128. The topological polar surface area (TPSA) is 78.9 Å². The fourth-order valence-corrected chi connectivity index (χ4v) is 7.58. The van der Waals surface area contributed by atoms with Gasteiger partial charge in [-0.15, -0.1) is 0 Å². The molecule has 1 saturated heterocycles. The molecule has 7 heteroatoms. The Morgan fingerprint density at radius 2 is 1.51 bits per heavy atom. The van der Waals surface area contributed by atoms with E-state index in [-0.39, 0.29) is 12.3 Å². The largest absolute Gasteiger partial charge is 0.465 e. The Bertz CT molecular complexity index is 1220. The van der Waals surface area contributed by atoms with E-state index in [4.69, 9.17) is 4.74 Å². The highest BCUT2D eigenvalue weighted by Gasteiger charge is 2.53. The minimum Gasteiger partial charge on any atom is -0.465 e. The summed E-state index contributed by atoms with van der Waals surface area (Å²) in [5.41, 5.74) is 2.46. The van der Waals surface area contributed by atoms with Gasteiger partial charge in [-0.05, 0) is 37.0 Å². The minimum atomic E-state index is -1.24. The molecule has 2 amide bonds. The maximum absolute atomic E-state index is 13.1. The van der Waals surface area contributed by atoms with E-state index in [0.717, 1.165) is 28.0 Å². The average molecular weight is 573 g/mol. The van der Waals surface area contributed by atoms with E-state index in [0.29, 0.717) is 6.42 Å². The van der Waals surface area contributed by atoms with Crippen LogP contribution in [0.2, 0.25) is 0 Å². The number of benzene rings is 3. The van der Waals surface area contributed by atoms with Crippen molar-refractivity contribution >= 4 is 23.9 Å². The summed E-state index contributed by atoms with van der Waals surface area (Å²) < 4.78 is 9.28. The molecule has 3 aromatic carbocycles. The SMILES string of the molecule is C/C=C\[C@@H]1CC(=O)N(C(=O)O)[C@H]1[C@@H](NSC(c1ccccc1)(c1ccccc1)c1ccccc1)[C@](C)(CCC)OC. The summed E-state index contributed by atoms with van der Waals surface area (Å²) in [6, 6.07) is 29.8. The van der Waals surface area contributed by atoms with Crippen LogP contribution in [0.25, 0.3) is 0 Å². The zero-order chi connectivity index (χ0) is 29.5. The number of hydrogen-bond donors (Lipinski definition) is 2. The molecule has 0 saturated carbocycles. The molecule has 1 fully saturated rings. The fourth-order valence-electron chi connectivity index (χ4n) is 6.12. The first-order chi connectivity index (χ1) is 19.8. The number of ether oxygens (including phenoxy) is 1. The number of nitrogens with zero attached hydrogens (tertiary/aromatic N) is 1. The number of hydrogen-bond acceptors (Lipinski definition) is 5. The Kier molecular flexibility index (Phi) is 10.1. The second-order valence-electron chi connectivity index (χ2n) is 10.7. The van der Waals surface area contributed by atoms with Crippen LogP contribution in [0.5, 0.6) is 0 Å². The van der Waals surface area contributed by atoms with Gasteiger partial charge in [0.1, 0.15) is 4.75 Å². The number of carbonyl (C=O) groups is 2. The van der Waals surface area contributed by atoms with Gasteiger partial charge >= 0.3 is 6.09 Å². The Morgan fingerprint density at radius 1 is 1.02 bits per heavy atom. The minimum absolute atomic E-state index is 0.136. The van der Waals surface area contributed by atoms with Crippen molar-refractivity contribution < 1.29 is 19.4 Å². The number of carbonyl (C=O) groups excluding carboxylic acids is 1. The number of imide groups is 1. The molecule has 1 heterocycles. The number of allylic oxidation sites excluding steroid dienone is 1. The molecule has 6 nitrogen and oxygen atoms in total. The molecule has 1 aliphatic heterocycles. The molecule has 41 heavy (non-hydrogen) atoms. The van der Waals surface area contributed by atoms with Crippen LogP contribution in [0.4, 0.5) is 4.79 Å². The molecule has 4 atom stereocenters. The standard InChI is InChI=1S/C34H40N2O4S/c1-5-16-25-24-29(37)36(32(38)39)30(25)31(33(3,40-4)23-6-2)35-41-34(26-17-10-7-11-18-26,27-19-12-8-13-20-27)28-21-14-9-15-22-28/h5,7-22,25,30-31,35H,6,23-24H2,1-4H3,(H,38,39)/b16-5-/t25-,30-,31-,33+/m1/s1. The van der Waals surface area contributed by atoms with E-state index >= 15 is 0 Å². The number of likely N-dealkylation sites (tertiary alicyclic amines) is 1. The molecule has 4 rings (SSSR count). The van der Waals surface area contributed by atoms with Crippen molar-refractivity contribution in [3.63, 3.8) is 0 Å². The molecule has 3 aromatic rings. The van der Waals surface area contributed by atoms with Crippen LogP contribution >= 0.6 is 11.9 Å². The summed E-state index contributed by atoms with van der Waals surface area (Å²) in [7, 11) is 1.67. The van der Waals surface area contributed by atoms with Gasteiger partial charge in [0, 0.05) is 19.4 Å². The predicted octanol–water partition coefficient (Wildman–Crippen LogP) is 7.26. The van der Waals surface area contributed by atoms with E-state index < -0.39 is 34.4 Å². The first kappa shape index (κ1) is 30.6. The zero-order valence-corrected chi connectivity index (χ0v) is 25.0. The molecule has 216 valence electrons. The van der Waals surface area contributed by atoms with Crippen molar-refractivity contribution in [3.8, 4) is 0 Å². The van der Waals surface area contributed by atoms with Crippen LogP contribution in [0, 0.1) is 5.92 Å². The number of carboxylic acid groups (broad SMARTS) is 1. The molecule has 0 bridgehead atoms. The fraction of sp³-hybridized carbons (Fsp3) is 0.353. The molecular weight excluding hydrogens is 532 g/mol. The van der Waals surface area contributed by atoms with E-state index in [2.05, 4.69) is 48.0 Å². The van der Waals surface area contributed by atoms with E-state index in [1.54, 1.807) is 19.1 Å². The van der Waals surface area contributed by atoms with Crippen LogP contribution in [0.1, 0.15) is 56.7 Å². The van der Waals surface area contributed by atoms with Crippen LogP contribution in [-0.2, 0) is 14.3 Å². The van der Waals surface area contributed by atoms with Crippen LogP contribution in [-0.4, -0.2) is 46.8 Å². The van der Waals surface area contributed by atoms with Gasteiger partial charge < -0.3 is 9.84 Å². The lowest BCUT2D eigenvalue weighted by Crippen LogP contribution is -2.61. The number of rotatable bonds is 12. The first-order valence-electron chi connectivity index (χ1n) is 14.2. The number of methoxy groups -OCH3 is 1. The van der Waals surface area contributed by atoms with Gasteiger partial charge in [-0.3, -0.25) is 9.52 Å². The second kappa shape index (κ2) is 13.5. The zero-order valence-electron chi connectivity index (χ0n) is 24.2. The summed E-state index contributed by atoms with van der Waals surface area (Å²) in [5.74, 6) is -0.676. The summed E-state index contributed by atoms with van der Waals surface area (Å²) in [5, 5.41) is 10.2. The maximum Gasteiger partial charge on any atom is 0.414 e. The van der Waals surface area contributed by atoms with Crippen molar-refractivity contribution in [2.45, 2.75) is 62.5 Å². The highest BCUT2D eigenvalue weighted by atomic mass is 32.2. The summed E-state index contributed by atoms with van der Waals surface area (Å²) in [4.78, 5) is 26.6. The predicted molar refractivity (Wildman–Crippen MR) is 166 cm³/mol. The normalized spacial score (nSPS) is 19.8. The molecule has 2 N–H and O–H groups in total. The Morgan fingerprint density at radius 3 is 1.90 bits per heavy atom. The van der Waals surface area contributed by atoms with Gasteiger partial charge in [0.05, 0.1) is 17.7 Å². The summed E-state index contributed by atoms with van der Waals surface area (Å²) in [6.45, 7) is 6.00. The second-order valence-corrected chi connectivity index (χ2v) is 11.7. The van der Waals surface area contributed by atoms with E-state index in [9.17, 15) is 14.7 Å². The highest BCUT2D eigenvalue weighted by molar-refractivity contribution is 7.98. The third kappa shape index (κ3) is 6.13. The van der Waals surface area contributed by atoms with Crippen molar-refractivity contribution in [1.82, 2.24) is 9.62 Å². The van der Waals surface area contributed by atoms with Crippen LogP contribution < -0.4 is 4.72 Å². The van der Waals surface area contributed by atoms with Crippen LogP contribution in [0.15, 0.2) is 103 Å². The molecule has 1 aliphatic rings. The lowest BCUT2D eigenvalue weighted by Gasteiger charge is -2.45. The maximum atomic E-state index is 13.1. The Balaban J connectivity index is 1.92. The van der Waals surface area contributed by atoms with Gasteiger partial charge in [0.2, 0.25) is 5.91 Å². The number of amides is 2. The summed E-state index contributed by atoms with van der Waals surface area (Å²) in [6.07, 6.45) is 4.25. The van der Waals surface area contributed by atoms with E-state index in [1.165, 1.54) is 0 Å². The van der Waals surface area contributed by atoms with Crippen molar-refractivity contribution in [2.75, 3.05) is 7.11 Å². The highest BCUT2D eigenvalue weighted by Crippen LogP contribution is 2.48. The van der Waals surface area contributed by atoms with Gasteiger partial charge in [-0.25, -0.2) is 9.69 Å². The van der Waals surface area contributed by atoms with Crippen molar-refractivity contribution in [3.05, 3.63) is 120 Å². The Labute approximate surface area is 247 Å². The average Bonchev–Trinajstić information content (AvgIpc) is 3.32. The van der Waals surface area contributed by atoms with Crippen molar-refractivity contribution in [1.29, 1.82) is 0 Å². The van der Waals surface area contributed by atoms with E-state index in [1.807, 2.05) is 80.6 Å². The molecule has 0 spiro atoms. The molecule has 0 aliphatic carbocycles. The summed E-state index contributed by atoms with van der Waals surface area (Å²) >= 11 is 1.54. The lowest BCUT2D eigenvalue weighted by atomic mass is 9.81. The smallest absolute Gasteiger partial charge is 0.414 e. The monoisotopic (exact) mass is 572 g/mol. The molecule has 0 unspecified atom stereocenters. The van der Waals surface area contributed by atoms with Crippen LogP contribution in [0.3, 0.4) is 0 Å². The van der Waals surface area contributed by atoms with Gasteiger partial charge in [-0.1, -0.05) is 128 Å². The van der Waals surface area contributed by atoms with Crippen molar-refractivity contribution in [2.24, 2.45) is 5.92 Å². The first-order valence-corrected chi connectivity index (χ1v) is 15.0.